The third kappa shape index (κ3) is 5.62. The Bertz CT molecular complexity index is 1010. The molecule has 1 saturated carbocycles. The van der Waals surface area contributed by atoms with Crippen molar-refractivity contribution in [3.8, 4) is 17.0 Å². The van der Waals surface area contributed by atoms with Crippen LogP contribution in [-0.2, 0) is 4.74 Å². The molecule has 2 aromatic rings. The number of aromatic nitrogens is 1. The van der Waals surface area contributed by atoms with Crippen LogP contribution in [0, 0.1) is 5.13 Å². The Hall–Kier alpha value is -2.23. The first-order chi connectivity index (χ1) is 17.1. The lowest BCUT2D eigenvalue weighted by atomic mass is 9.83. The number of nitrogens with zero attached hydrogens (tertiary/aromatic N) is 3. The molecule has 1 N–H and O–H groups in total. The highest BCUT2D eigenvalue weighted by Gasteiger charge is 2.28. The molecule has 0 atom stereocenters. The normalized spacial score (nSPS) is 20.7. The zero-order chi connectivity index (χ0) is 24.2. The topological polar surface area (TPSA) is 66.9 Å². The minimum Gasteiger partial charge on any atom is -0.496 e. The van der Waals surface area contributed by atoms with Crippen molar-refractivity contribution < 1.29 is 18.7 Å². The molecule has 3 fully saturated rings. The van der Waals surface area contributed by atoms with Crippen LogP contribution in [0.1, 0.15) is 56.4 Å². The number of benzene rings is 1. The predicted octanol–water partition coefficient (Wildman–Crippen LogP) is 5.33. The van der Waals surface area contributed by atoms with Crippen molar-refractivity contribution in [1.29, 1.82) is 0 Å². The standard InChI is InChI=1S/C26H35FN4O3S/c1-33-22-8-7-19(18-5-3-2-4-6-18)17-21(22)23-24(27)35-25(28-23)29-26(32)31-13-11-30(12-14-31)20-9-15-34-16-10-20/h7-8,17-18,20H,2-6,9-16H2,1H3,(H,28,29,32). The predicted molar refractivity (Wildman–Crippen MR) is 136 cm³/mol. The van der Waals surface area contributed by atoms with Gasteiger partial charge in [-0.25, -0.2) is 9.78 Å². The summed E-state index contributed by atoms with van der Waals surface area (Å²) in [6.07, 6.45) is 8.18. The molecule has 2 amide bonds. The molecule has 0 unspecified atom stereocenters. The van der Waals surface area contributed by atoms with Gasteiger partial charge < -0.3 is 14.4 Å². The van der Waals surface area contributed by atoms with E-state index in [9.17, 15) is 4.79 Å². The number of hydrogen-bond donors (Lipinski definition) is 1. The van der Waals surface area contributed by atoms with Gasteiger partial charge in [-0.1, -0.05) is 36.7 Å². The molecule has 1 aromatic carbocycles. The summed E-state index contributed by atoms with van der Waals surface area (Å²) < 4.78 is 26.1. The molecule has 5 rings (SSSR count). The first kappa shape index (κ1) is 24.5. The van der Waals surface area contributed by atoms with Gasteiger partial charge >= 0.3 is 6.03 Å². The van der Waals surface area contributed by atoms with E-state index in [-0.39, 0.29) is 16.9 Å². The smallest absolute Gasteiger partial charge is 0.323 e. The molecule has 0 radical (unpaired) electrons. The van der Waals surface area contributed by atoms with Gasteiger partial charge in [-0.15, -0.1) is 0 Å². The number of anilines is 1. The largest absolute Gasteiger partial charge is 0.496 e. The summed E-state index contributed by atoms with van der Waals surface area (Å²) >= 11 is 0.869. The molecule has 7 nitrogen and oxygen atoms in total. The van der Waals surface area contributed by atoms with Crippen LogP contribution in [0.25, 0.3) is 11.3 Å². The van der Waals surface area contributed by atoms with E-state index < -0.39 is 5.13 Å². The number of rotatable bonds is 5. The lowest BCUT2D eigenvalue weighted by molar-refractivity contribution is 0.0194. The first-order valence-corrected chi connectivity index (χ1v) is 13.7. The lowest BCUT2D eigenvalue weighted by Crippen LogP contribution is -2.53. The van der Waals surface area contributed by atoms with Crippen LogP contribution in [0.15, 0.2) is 18.2 Å². The van der Waals surface area contributed by atoms with Gasteiger partial charge in [0.15, 0.2) is 5.13 Å². The van der Waals surface area contributed by atoms with Gasteiger partial charge in [-0.05, 0) is 49.3 Å². The summed E-state index contributed by atoms with van der Waals surface area (Å²) in [5.41, 5.74) is 2.10. The summed E-state index contributed by atoms with van der Waals surface area (Å²) in [4.78, 5) is 21.6. The van der Waals surface area contributed by atoms with Gasteiger partial charge in [-0.2, -0.15) is 4.39 Å². The number of piperazine rings is 1. The molecule has 1 aromatic heterocycles. The molecule has 3 aliphatic rings. The van der Waals surface area contributed by atoms with E-state index in [1.165, 1.54) is 24.8 Å². The molecule has 9 heteroatoms. The van der Waals surface area contributed by atoms with Gasteiger partial charge in [0.1, 0.15) is 11.4 Å². The maximum Gasteiger partial charge on any atom is 0.323 e. The third-order valence-electron chi connectivity index (χ3n) is 7.66. The summed E-state index contributed by atoms with van der Waals surface area (Å²) in [6, 6.07) is 6.34. The zero-order valence-corrected chi connectivity index (χ0v) is 21.2. The number of hydrogen-bond acceptors (Lipinski definition) is 6. The van der Waals surface area contributed by atoms with Crippen molar-refractivity contribution in [2.24, 2.45) is 0 Å². The molecule has 1 aliphatic carbocycles. The van der Waals surface area contributed by atoms with Crippen molar-refractivity contribution in [1.82, 2.24) is 14.8 Å². The number of ether oxygens (including phenoxy) is 2. The Kier molecular flexibility index (Phi) is 7.84. The molecule has 0 bridgehead atoms. The van der Waals surface area contributed by atoms with Gasteiger partial charge in [0.25, 0.3) is 0 Å². The summed E-state index contributed by atoms with van der Waals surface area (Å²) in [6.45, 7) is 4.64. The van der Waals surface area contributed by atoms with Crippen LogP contribution in [0.4, 0.5) is 14.3 Å². The second-order valence-electron chi connectivity index (χ2n) is 9.73. The van der Waals surface area contributed by atoms with Crippen molar-refractivity contribution >= 4 is 22.5 Å². The van der Waals surface area contributed by atoms with Gasteiger partial charge in [0.05, 0.1) is 7.11 Å². The second-order valence-corrected chi connectivity index (χ2v) is 10.7. The van der Waals surface area contributed by atoms with E-state index in [1.54, 1.807) is 12.0 Å². The average molecular weight is 503 g/mol. The van der Waals surface area contributed by atoms with Crippen LogP contribution in [0.2, 0.25) is 0 Å². The molecule has 2 aliphatic heterocycles. The third-order valence-corrected chi connectivity index (χ3v) is 8.42. The van der Waals surface area contributed by atoms with Gasteiger partial charge in [0.2, 0.25) is 5.13 Å². The Labute approximate surface area is 210 Å². The number of urea groups is 1. The van der Waals surface area contributed by atoms with E-state index in [0.717, 1.165) is 63.3 Å². The van der Waals surface area contributed by atoms with E-state index >= 15 is 4.39 Å². The SMILES string of the molecule is COc1ccc(C2CCCCC2)cc1-c1nc(NC(=O)N2CCN(C3CCOCC3)CC2)sc1F. The number of thiazole rings is 1. The number of amides is 2. The van der Waals surface area contributed by atoms with Crippen molar-refractivity contribution in [2.45, 2.75) is 56.9 Å². The van der Waals surface area contributed by atoms with Crippen LogP contribution >= 0.6 is 11.3 Å². The first-order valence-electron chi connectivity index (χ1n) is 12.8. The summed E-state index contributed by atoms with van der Waals surface area (Å²) in [7, 11) is 1.59. The Morgan fingerprint density at radius 1 is 1.11 bits per heavy atom. The zero-order valence-electron chi connectivity index (χ0n) is 20.4. The maximum absolute atomic E-state index is 15.1. The van der Waals surface area contributed by atoms with Crippen molar-refractivity contribution in [3.63, 3.8) is 0 Å². The number of carbonyl (C=O) groups is 1. The number of halogens is 1. The highest BCUT2D eigenvalue weighted by atomic mass is 32.1. The van der Waals surface area contributed by atoms with Crippen LogP contribution in [0.3, 0.4) is 0 Å². The fourth-order valence-corrected chi connectivity index (χ4v) is 6.33. The number of methoxy groups -OCH3 is 1. The van der Waals surface area contributed by atoms with Gasteiger partial charge in [0, 0.05) is 51.0 Å². The molecule has 0 spiro atoms. The molecular formula is C26H35FN4O3S. The maximum atomic E-state index is 15.1. The number of nitrogens with one attached hydrogen (secondary N) is 1. The highest BCUT2D eigenvalue weighted by Crippen LogP contribution is 2.40. The quantitative estimate of drug-likeness (QED) is 0.598. The molecule has 190 valence electrons. The van der Waals surface area contributed by atoms with Crippen LogP contribution in [-0.4, -0.2) is 73.4 Å². The number of carbonyl (C=O) groups excluding carboxylic acids is 1. The lowest BCUT2D eigenvalue weighted by Gasteiger charge is -2.40. The molecular weight excluding hydrogens is 467 g/mol. The monoisotopic (exact) mass is 502 g/mol. The van der Waals surface area contributed by atoms with E-state index in [2.05, 4.69) is 21.3 Å². The van der Waals surface area contributed by atoms with Crippen molar-refractivity contribution in [2.75, 3.05) is 51.8 Å². The molecule has 3 heterocycles. The van der Waals surface area contributed by atoms with E-state index in [4.69, 9.17) is 9.47 Å². The van der Waals surface area contributed by atoms with Crippen LogP contribution in [0.5, 0.6) is 5.75 Å². The minimum atomic E-state index is -0.413. The minimum absolute atomic E-state index is 0.222. The van der Waals surface area contributed by atoms with Gasteiger partial charge in [-0.3, -0.25) is 10.2 Å². The average Bonchev–Trinajstić information content (AvgIpc) is 3.28. The van der Waals surface area contributed by atoms with E-state index in [1.807, 2.05) is 12.1 Å². The second kappa shape index (κ2) is 11.2. The van der Waals surface area contributed by atoms with Crippen LogP contribution < -0.4 is 10.1 Å². The Balaban J connectivity index is 1.25. The summed E-state index contributed by atoms with van der Waals surface area (Å²) in [5, 5.41) is 2.69. The fourth-order valence-electron chi connectivity index (χ4n) is 5.63. The Morgan fingerprint density at radius 2 is 1.86 bits per heavy atom. The summed E-state index contributed by atoms with van der Waals surface area (Å²) in [5.74, 6) is 1.09. The highest BCUT2D eigenvalue weighted by molar-refractivity contribution is 7.14. The van der Waals surface area contributed by atoms with E-state index in [0.29, 0.717) is 36.4 Å². The molecule has 2 saturated heterocycles. The molecule has 35 heavy (non-hydrogen) atoms. The fraction of sp³-hybridized carbons (Fsp3) is 0.615. The Morgan fingerprint density at radius 3 is 2.57 bits per heavy atom. The van der Waals surface area contributed by atoms with Crippen molar-refractivity contribution in [3.05, 3.63) is 28.9 Å².